The number of fused-ring (bicyclic) bond motifs is 1. The number of nitrogens with zero attached hydrogens (tertiary/aromatic N) is 2. The van der Waals surface area contributed by atoms with Gasteiger partial charge in [0.15, 0.2) is 0 Å². The Hall–Kier alpha value is -1.41. The van der Waals surface area contributed by atoms with Gasteiger partial charge in [0.25, 0.3) is 5.56 Å². The number of methoxy groups -OCH3 is 1. The zero-order chi connectivity index (χ0) is 20.1. The molecule has 1 saturated carbocycles. The molecule has 6 nitrogen and oxygen atoms in total. The van der Waals surface area contributed by atoms with Gasteiger partial charge in [0, 0.05) is 31.1 Å². The first-order valence-electron chi connectivity index (χ1n) is 9.25. The fraction of sp³-hybridized carbons (Fsp3) is 0.600. The zero-order valence-electron chi connectivity index (χ0n) is 17.2. The van der Waals surface area contributed by atoms with Crippen molar-refractivity contribution in [3.63, 3.8) is 0 Å². The number of hydrogen-bond donors (Lipinski definition) is 1. The third-order valence-corrected chi connectivity index (χ3v) is 6.84. The van der Waals surface area contributed by atoms with E-state index < -0.39 is 17.0 Å². The Balaban J connectivity index is 2.17. The lowest BCUT2D eigenvalue weighted by Gasteiger charge is -2.27. The SMILES string of the molecule is COC1(c2nc3c(C(C)N[S+]([O-])C(C)(C)C)cc(C)cc3c(=O)n2C)CC1. The molecule has 1 aromatic carbocycles. The molecule has 0 radical (unpaired) electrons. The third-order valence-electron chi connectivity index (χ3n) is 5.16. The van der Waals surface area contributed by atoms with E-state index in [4.69, 9.17) is 9.72 Å². The van der Waals surface area contributed by atoms with E-state index in [1.807, 2.05) is 46.8 Å². The average Bonchev–Trinajstić information content (AvgIpc) is 3.38. The predicted octanol–water partition coefficient (Wildman–Crippen LogP) is 2.99. The molecule has 2 atom stereocenters. The predicted molar refractivity (Wildman–Crippen MR) is 109 cm³/mol. The first-order valence-corrected chi connectivity index (χ1v) is 10.4. The molecule has 1 aromatic heterocycles. The highest BCUT2D eigenvalue weighted by molar-refractivity contribution is 7.90. The molecular weight excluding hydrogens is 362 g/mol. The fourth-order valence-electron chi connectivity index (χ4n) is 3.32. The molecule has 0 spiro atoms. The number of aryl methyl sites for hydroxylation is 1. The topological polar surface area (TPSA) is 79.2 Å². The summed E-state index contributed by atoms with van der Waals surface area (Å²) in [6.07, 6.45) is 1.72. The summed E-state index contributed by atoms with van der Waals surface area (Å²) in [5.41, 5.74) is 1.98. The highest BCUT2D eigenvalue weighted by Crippen LogP contribution is 2.47. The van der Waals surface area contributed by atoms with Gasteiger partial charge in [0.2, 0.25) is 0 Å². The zero-order valence-corrected chi connectivity index (χ0v) is 18.0. The van der Waals surface area contributed by atoms with Gasteiger partial charge in [-0.05, 0) is 59.1 Å². The molecule has 148 valence electrons. The van der Waals surface area contributed by atoms with Crippen LogP contribution in [0.5, 0.6) is 0 Å². The smallest absolute Gasteiger partial charge is 0.261 e. The molecule has 2 unspecified atom stereocenters. The van der Waals surface area contributed by atoms with Crippen molar-refractivity contribution in [1.82, 2.24) is 14.3 Å². The summed E-state index contributed by atoms with van der Waals surface area (Å²) in [6, 6.07) is 3.68. The number of hydrogen-bond acceptors (Lipinski definition) is 5. The number of rotatable bonds is 5. The van der Waals surface area contributed by atoms with Crippen LogP contribution in [0.15, 0.2) is 16.9 Å². The van der Waals surface area contributed by atoms with Gasteiger partial charge in [0.05, 0.1) is 16.9 Å². The van der Waals surface area contributed by atoms with Gasteiger partial charge in [-0.25, -0.2) is 4.98 Å². The van der Waals surface area contributed by atoms with Crippen molar-refractivity contribution in [3.05, 3.63) is 39.4 Å². The summed E-state index contributed by atoms with van der Waals surface area (Å²) in [4.78, 5) is 17.9. The number of aromatic nitrogens is 2. The minimum absolute atomic E-state index is 0.0765. The lowest BCUT2D eigenvalue weighted by atomic mass is 10.0. The van der Waals surface area contributed by atoms with Crippen LogP contribution >= 0.6 is 0 Å². The van der Waals surface area contributed by atoms with E-state index in [-0.39, 0.29) is 16.3 Å². The first-order chi connectivity index (χ1) is 12.5. The van der Waals surface area contributed by atoms with Crippen molar-refractivity contribution in [2.24, 2.45) is 7.05 Å². The van der Waals surface area contributed by atoms with Crippen molar-refractivity contribution >= 4 is 22.3 Å². The molecule has 0 aliphatic heterocycles. The maximum atomic E-state index is 13.0. The van der Waals surface area contributed by atoms with E-state index in [9.17, 15) is 9.35 Å². The molecule has 1 aliphatic carbocycles. The lowest BCUT2D eigenvalue weighted by Crippen LogP contribution is -2.40. The monoisotopic (exact) mass is 391 g/mol. The summed E-state index contributed by atoms with van der Waals surface area (Å²) in [7, 11) is 3.41. The normalized spacial score (nSPS) is 18.5. The lowest BCUT2D eigenvalue weighted by molar-refractivity contribution is 0.0678. The van der Waals surface area contributed by atoms with Gasteiger partial charge in [0.1, 0.15) is 16.2 Å². The Labute approximate surface area is 163 Å². The summed E-state index contributed by atoms with van der Waals surface area (Å²) < 4.78 is 22.6. The summed E-state index contributed by atoms with van der Waals surface area (Å²) in [6.45, 7) is 9.71. The maximum Gasteiger partial charge on any atom is 0.261 e. The second kappa shape index (κ2) is 6.88. The van der Waals surface area contributed by atoms with Crippen LogP contribution in [0.4, 0.5) is 0 Å². The second-order valence-electron chi connectivity index (χ2n) is 8.47. The van der Waals surface area contributed by atoms with Crippen LogP contribution in [0.3, 0.4) is 0 Å². The molecule has 1 heterocycles. The minimum Gasteiger partial charge on any atom is -0.598 e. The van der Waals surface area contributed by atoms with Crippen LogP contribution in [0.1, 0.15) is 63.5 Å². The standard InChI is InChI=1S/C20H29N3O3S/c1-12-10-14(13(2)22-27(25)19(3,4)5)16-15(11-12)17(24)23(6)18(21-16)20(26-7)8-9-20/h10-11,13,22H,8-9H2,1-7H3. The van der Waals surface area contributed by atoms with Crippen LogP contribution in [-0.4, -0.2) is 26.0 Å². The Bertz CT molecular complexity index is 929. The van der Waals surface area contributed by atoms with E-state index in [0.717, 1.165) is 24.0 Å². The molecule has 3 rings (SSSR count). The van der Waals surface area contributed by atoms with Gasteiger partial charge in [-0.3, -0.25) is 9.36 Å². The van der Waals surface area contributed by atoms with Gasteiger partial charge in [-0.15, -0.1) is 4.72 Å². The quantitative estimate of drug-likeness (QED) is 0.793. The van der Waals surface area contributed by atoms with Gasteiger partial charge in [-0.1, -0.05) is 6.07 Å². The molecule has 27 heavy (non-hydrogen) atoms. The van der Waals surface area contributed by atoms with Crippen LogP contribution in [0.2, 0.25) is 0 Å². The van der Waals surface area contributed by atoms with Crippen LogP contribution in [-0.2, 0) is 28.7 Å². The average molecular weight is 392 g/mol. The largest absolute Gasteiger partial charge is 0.598 e. The van der Waals surface area contributed by atoms with Gasteiger partial charge >= 0.3 is 0 Å². The molecule has 1 aliphatic rings. The molecule has 7 heteroatoms. The molecule has 1 N–H and O–H groups in total. The molecular formula is C20H29N3O3S. The Morgan fingerprint density at radius 2 is 2.00 bits per heavy atom. The molecule has 0 saturated heterocycles. The Morgan fingerprint density at radius 1 is 1.37 bits per heavy atom. The highest BCUT2D eigenvalue weighted by Gasteiger charge is 2.48. The fourth-order valence-corrected chi connectivity index (χ4v) is 4.12. The number of ether oxygens (including phenoxy) is 1. The van der Waals surface area contributed by atoms with E-state index in [2.05, 4.69) is 4.72 Å². The summed E-state index contributed by atoms with van der Waals surface area (Å²) >= 11 is -1.22. The summed E-state index contributed by atoms with van der Waals surface area (Å²) in [5, 5.41) is 0.582. The summed E-state index contributed by atoms with van der Waals surface area (Å²) in [5.74, 6) is 0.664. The van der Waals surface area contributed by atoms with Crippen molar-refractivity contribution in [1.29, 1.82) is 0 Å². The molecule has 0 bridgehead atoms. The van der Waals surface area contributed by atoms with Gasteiger partial charge < -0.3 is 9.29 Å². The van der Waals surface area contributed by atoms with Crippen LogP contribution < -0.4 is 10.3 Å². The van der Waals surface area contributed by atoms with E-state index in [1.165, 1.54) is 0 Å². The highest BCUT2D eigenvalue weighted by atomic mass is 32.2. The molecule has 2 aromatic rings. The maximum absolute atomic E-state index is 13.0. The third kappa shape index (κ3) is 3.66. The van der Waals surface area contributed by atoms with Crippen LogP contribution in [0, 0.1) is 6.92 Å². The minimum atomic E-state index is -1.22. The molecule has 0 amide bonds. The van der Waals surface area contributed by atoms with Crippen molar-refractivity contribution < 1.29 is 9.29 Å². The van der Waals surface area contributed by atoms with E-state index >= 15 is 0 Å². The number of benzene rings is 1. The van der Waals surface area contributed by atoms with Crippen molar-refractivity contribution in [3.8, 4) is 0 Å². The Kier molecular flexibility index (Phi) is 5.18. The van der Waals surface area contributed by atoms with Crippen molar-refractivity contribution in [2.45, 2.75) is 63.9 Å². The first kappa shape index (κ1) is 20.3. The van der Waals surface area contributed by atoms with Crippen LogP contribution in [0.25, 0.3) is 10.9 Å². The second-order valence-corrected chi connectivity index (χ2v) is 10.5. The van der Waals surface area contributed by atoms with E-state index in [0.29, 0.717) is 16.7 Å². The molecule has 1 fully saturated rings. The van der Waals surface area contributed by atoms with Crippen molar-refractivity contribution in [2.75, 3.05) is 7.11 Å². The van der Waals surface area contributed by atoms with E-state index in [1.54, 1.807) is 18.7 Å². The van der Waals surface area contributed by atoms with Gasteiger partial charge in [-0.2, -0.15) is 0 Å². The number of nitrogens with one attached hydrogen (secondary N) is 1. The Morgan fingerprint density at radius 3 is 2.52 bits per heavy atom.